The van der Waals surface area contributed by atoms with Gasteiger partial charge < -0.3 is 5.32 Å². The van der Waals surface area contributed by atoms with Gasteiger partial charge in [0.25, 0.3) is 5.91 Å². The first-order valence-corrected chi connectivity index (χ1v) is 8.62. The van der Waals surface area contributed by atoms with Crippen LogP contribution in [0.4, 0.5) is 5.95 Å². The molecule has 7 heteroatoms. The van der Waals surface area contributed by atoms with Gasteiger partial charge in [0, 0.05) is 43.5 Å². The van der Waals surface area contributed by atoms with Crippen molar-refractivity contribution >= 4 is 17.9 Å². The highest BCUT2D eigenvalue weighted by Crippen LogP contribution is 2.17. The zero-order chi connectivity index (χ0) is 18.4. The number of hydrogen-bond acceptors (Lipinski definition) is 6. The number of amides is 1. The lowest BCUT2D eigenvalue weighted by atomic mass is 10.2. The number of nitrogens with zero attached hydrogens (tertiary/aromatic N) is 3. The van der Waals surface area contributed by atoms with Crippen LogP contribution < -0.4 is 10.8 Å². The van der Waals surface area contributed by atoms with Gasteiger partial charge in [0.05, 0.1) is 5.69 Å². The monoisotopic (exact) mass is 353 g/mol. The lowest BCUT2D eigenvalue weighted by Crippen LogP contribution is -2.26. The molecule has 2 aromatic rings. The molecule has 1 amide bonds. The highest BCUT2D eigenvalue weighted by Gasteiger charge is 2.23. The Morgan fingerprint density at radius 3 is 2.92 bits per heavy atom. The van der Waals surface area contributed by atoms with E-state index >= 15 is 0 Å². The third-order valence-electron chi connectivity index (χ3n) is 4.40. The number of likely N-dealkylation sites (tertiary alicyclic amines) is 1. The maximum absolute atomic E-state index is 11.0. The number of hydrogen-bond donors (Lipinski definition) is 3. The maximum Gasteiger partial charge on any atom is 0.267 e. The van der Waals surface area contributed by atoms with E-state index in [0.29, 0.717) is 12.0 Å². The standard InChI is InChI=1S/C19H23N5O2/c1-14-16(7-8-18(25)23-26)11-20-19(21-14)22-17-9-10-24(13-17)12-15-5-3-2-4-6-15/h2-8,11,17,26H,9-10,12-13H2,1H3,(H,23,25)(H,20,21,22)/b8-7+. The highest BCUT2D eigenvalue weighted by molar-refractivity contribution is 5.90. The van der Waals surface area contributed by atoms with Gasteiger partial charge in [-0.05, 0) is 25.0 Å². The second-order valence-electron chi connectivity index (χ2n) is 6.39. The van der Waals surface area contributed by atoms with Crippen LogP contribution in [-0.4, -0.2) is 45.1 Å². The molecule has 1 aromatic heterocycles. The van der Waals surface area contributed by atoms with Crippen molar-refractivity contribution in [2.24, 2.45) is 0 Å². The minimum atomic E-state index is -0.587. The lowest BCUT2D eigenvalue weighted by Gasteiger charge is -2.17. The first-order chi connectivity index (χ1) is 12.6. The summed E-state index contributed by atoms with van der Waals surface area (Å²) in [6, 6.07) is 10.8. The summed E-state index contributed by atoms with van der Waals surface area (Å²) in [4.78, 5) is 22.3. The number of benzene rings is 1. The number of nitrogens with one attached hydrogen (secondary N) is 2. The summed E-state index contributed by atoms with van der Waals surface area (Å²) in [7, 11) is 0. The maximum atomic E-state index is 11.0. The van der Waals surface area contributed by atoms with Crippen LogP contribution in [0.1, 0.15) is 23.2 Å². The van der Waals surface area contributed by atoms with Crippen LogP contribution in [0.5, 0.6) is 0 Å². The van der Waals surface area contributed by atoms with Gasteiger partial charge >= 0.3 is 0 Å². The third-order valence-corrected chi connectivity index (χ3v) is 4.40. The molecule has 2 heterocycles. The molecule has 7 nitrogen and oxygen atoms in total. The Bertz CT molecular complexity index is 779. The van der Waals surface area contributed by atoms with E-state index in [9.17, 15) is 4.79 Å². The Morgan fingerprint density at radius 2 is 2.19 bits per heavy atom. The SMILES string of the molecule is Cc1nc(NC2CCN(Cc3ccccc3)C2)ncc1/C=C/C(=O)NO. The van der Waals surface area contributed by atoms with E-state index in [1.807, 2.05) is 13.0 Å². The molecule has 136 valence electrons. The summed E-state index contributed by atoms with van der Waals surface area (Å²) < 4.78 is 0. The second kappa shape index (κ2) is 8.55. The smallest absolute Gasteiger partial charge is 0.267 e. The largest absolute Gasteiger partial charge is 0.350 e. The summed E-state index contributed by atoms with van der Waals surface area (Å²) in [5.41, 5.74) is 4.37. The molecule has 0 saturated carbocycles. The Kier molecular flexibility index (Phi) is 5.93. The van der Waals surface area contributed by atoms with Gasteiger partial charge in [0.2, 0.25) is 5.95 Å². The molecule has 1 atom stereocenters. The summed E-state index contributed by atoms with van der Waals surface area (Å²) in [6.45, 7) is 4.81. The molecule has 1 saturated heterocycles. The lowest BCUT2D eigenvalue weighted by molar-refractivity contribution is -0.124. The molecule has 26 heavy (non-hydrogen) atoms. The minimum absolute atomic E-state index is 0.319. The number of aryl methyl sites for hydroxylation is 1. The predicted molar refractivity (Wildman–Crippen MR) is 99.5 cm³/mol. The molecule has 0 aliphatic carbocycles. The van der Waals surface area contributed by atoms with Crippen LogP contribution in [0.2, 0.25) is 0 Å². The Hall–Kier alpha value is -2.77. The van der Waals surface area contributed by atoms with Crippen molar-refractivity contribution in [2.75, 3.05) is 18.4 Å². The first kappa shape index (κ1) is 18.0. The number of hydroxylamine groups is 1. The van der Waals surface area contributed by atoms with Gasteiger partial charge in [0.15, 0.2) is 0 Å². The van der Waals surface area contributed by atoms with E-state index in [2.05, 4.69) is 44.5 Å². The van der Waals surface area contributed by atoms with E-state index in [1.54, 1.807) is 17.8 Å². The van der Waals surface area contributed by atoms with Crippen molar-refractivity contribution in [3.05, 3.63) is 59.4 Å². The number of carbonyl (C=O) groups excluding carboxylic acids is 1. The zero-order valence-electron chi connectivity index (χ0n) is 14.7. The molecular formula is C19H23N5O2. The molecule has 1 aliphatic rings. The first-order valence-electron chi connectivity index (χ1n) is 8.62. The number of rotatable bonds is 6. The van der Waals surface area contributed by atoms with Gasteiger partial charge in [-0.3, -0.25) is 14.9 Å². The molecular weight excluding hydrogens is 330 g/mol. The third kappa shape index (κ3) is 4.87. The average molecular weight is 353 g/mol. The summed E-state index contributed by atoms with van der Waals surface area (Å²) >= 11 is 0. The van der Waals surface area contributed by atoms with Crippen molar-refractivity contribution in [1.29, 1.82) is 0 Å². The van der Waals surface area contributed by atoms with Crippen LogP contribution in [-0.2, 0) is 11.3 Å². The number of carbonyl (C=O) groups is 1. The fourth-order valence-electron chi connectivity index (χ4n) is 3.03. The van der Waals surface area contributed by atoms with Crippen LogP contribution in [0.3, 0.4) is 0 Å². The molecule has 3 N–H and O–H groups in total. The van der Waals surface area contributed by atoms with E-state index in [4.69, 9.17) is 5.21 Å². The van der Waals surface area contributed by atoms with E-state index in [-0.39, 0.29) is 0 Å². The molecule has 0 radical (unpaired) electrons. The molecule has 1 unspecified atom stereocenters. The van der Waals surface area contributed by atoms with Gasteiger partial charge in [-0.25, -0.2) is 15.4 Å². The molecule has 0 bridgehead atoms. The average Bonchev–Trinajstić information content (AvgIpc) is 3.08. The van der Waals surface area contributed by atoms with Crippen LogP contribution in [0.25, 0.3) is 6.08 Å². The van der Waals surface area contributed by atoms with E-state index in [0.717, 1.165) is 37.3 Å². The predicted octanol–water partition coefficient (Wildman–Crippen LogP) is 1.99. The van der Waals surface area contributed by atoms with E-state index < -0.39 is 5.91 Å². The number of anilines is 1. The van der Waals surface area contributed by atoms with Gasteiger partial charge in [-0.2, -0.15) is 0 Å². The Morgan fingerprint density at radius 1 is 1.38 bits per heavy atom. The molecule has 1 aromatic carbocycles. The quantitative estimate of drug-likeness (QED) is 0.418. The molecule has 0 spiro atoms. The topological polar surface area (TPSA) is 90.4 Å². The van der Waals surface area contributed by atoms with Crippen molar-refractivity contribution in [1.82, 2.24) is 20.3 Å². The summed E-state index contributed by atoms with van der Waals surface area (Å²) in [5.74, 6) is 0.00823. The highest BCUT2D eigenvalue weighted by atomic mass is 16.5. The minimum Gasteiger partial charge on any atom is -0.350 e. The fourth-order valence-corrected chi connectivity index (χ4v) is 3.03. The van der Waals surface area contributed by atoms with Crippen molar-refractivity contribution in [3.63, 3.8) is 0 Å². The molecule has 1 fully saturated rings. The Labute approximate surface area is 152 Å². The van der Waals surface area contributed by atoms with Crippen LogP contribution in [0.15, 0.2) is 42.6 Å². The fraction of sp³-hybridized carbons (Fsp3) is 0.316. The van der Waals surface area contributed by atoms with Crippen molar-refractivity contribution in [3.8, 4) is 0 Å². The van der Waals surface area contributed by atoms with Crippen LogP contribution in [0, 0.1) is 6.92 Å². The van der Waals surface area contributed by atoms with Crippen molar-refractivity contribution < 1.29 is 10.0 Å². The summed E-state index contributed by atoms with van der Waals surface area (Å²) in [5, 5.41) is 11.9. The molecule has 3 rings (SSSR count). The number of aromatic nitrogens is 2. The normalized spacial score (nSPS) is 17.5. The van der Waals surface area contributed by atoms with Gasteiger partial charge in [-0.1, -0.05) is 30.3 Å². The summed E-state index contributed by atoms with van der Waals surface area (Å²) in [6.07, 6.45) is 5.52. The zero-order valence-corrected chi connectivity index (χ0v) is 14.7. The Balaban J connectivity index is 1.55. The van der Waals surface area contributed by atoms with Gasteiger partial charge in [0.1, 0.15) is 0 Å². The van der Waals surface area contributed by atoms with Gasteiger partial charge in [-0.15, -0.1) is 0 Å². The van der Waals surface area contributed by atoms with E-state index in [1.165, 1.54) is 11.6 Å². The van der Waals surface area contributed by atoms with Crippen molar-refractivity contribution in [2.45, 2.75) is 25.9 Å². The second-order valence-corrected chi connectivity index (χ2v) is 6.39. The molecule has 1 aliphatic heterocycles. The van der Waals surface area contributed by atoms with Crippen LogP contribution >= 0.6 is 0 Å².